The summed E-state index contributed by atoms with van der Waals surface area (Å²) in [4.78, 5) is 25.0. The Morgan fingerprint density at radius 2 is 1.70 bits per heavy atom. The molecule has 178 valence electrons. The van der Waals surface area contributed by atoms with Crippen molar-refractivity contribution in [1.29, 1.82) is 0 Å². The second kappa shape index (κ2) is 9.87. The molecule has 1 aliphatic heterocycles. The third kappa shape index (κ3) is 5.77. The molecule has 7 nitrogen and oxygen atoms in total. The molecule has 2 unspecified atom stereocenters. The van der Waals surface area contributed by atoms with Crippen LogP contribution in [0.4, 0.5) is 5.69 Å². The van der Waals surface area contributed by atoms with Gasteiger partial charge in [-0.15, -0.1) is 0 Å². The highest BCUT2D eigenvalue weighted by atomic mass is 32.2. The molecule has 0 radical (unpaired) electrons. The maximum atomic E-state index is 13.4. The van der Waals surface area contributed by atoms with Crippen LogP contribution in [0.1, 0.15) is 50.0 Å². The van der Waals surface area contributed by atoms with Gasteiger partial charge in [0, 0.05) is 17.5 Å². The van der Waals surface area contributed by atoms with E-state index in [4.69, 9.17) is 4.74 Å². The number of rotatable bonds is 6. The molecule has 1 aliphatic rings. The van der Waals surface area contributed by atoms with Gasteiger partial charge in [-0.2, -0.15) is 16.9 Å². The Labute approximate surface area is 201 Å². The topological polar surface area (TPSA) is 92.8 Å². The molecule has 1 saturated heterocycles. The summed E-state index contributed by atoms with van der Waals surface area (Å²) in [6, 6.07) is 12.2. The monoisotopic (exact) mass is 490 g/mol. The van der Waals surface area contributed by atoms with Crippen LogP contribution in [0.15, 0.2) is 53.4 Å². The number of carbonyl (C=O) groups excluding carboxylic acids is 2. The van der Waals surface area contributed by atoms with Crippen LogP contribution in [0.2, 0.25) is 0 Å². The van der Waals surface area contributed by atoms with Gasteiger partial charge in [0.2, 0.25) is 15.9 Å². The maximum Gasteiger partial charge on any atom is 0.338 e. The first-order valence-electron chi connectivity index (χ1n) is 10.8. The number of nitrogens with one attached hydrogen (secondary N) is 1. The zero-order valence-corrected chi connectivity index (χ0v) is 20.9. The first-order chi connectivity index (χ1) is 15.4. The lowest BCUT2D eigenvalue weighted by Gasteiger charge is -2.24. The summed E-state index contributed by atoms with van der Waals surface area (Å²) in [5.41, 5.74) is 1.75. The highest BCUT2D eigenvalue weighted by Gasteiger charge is 2.43. The Morgan fingerprint density at radius 1 is 1.09 bits per heavy atom. The van der Waals surface area contributed by atoms with Gasteiger partial charge >= 0.3 is 5.97 Å². The lowest BCUT2D eigenvalue weighted by atomic mass is 9.87. The standard InChI is InChI=1S/C24H30N2O5S2/c1-5-31-23(28)16-6-10-18(11-7-16)25-22(27)21-14-19(32)15-26(21)33(29,30)20-12-8-17(9-13-20)24(2,3)4/h6-13,19,21,32H,5,14-15H2,1-4H3,(H,25,27). The third-order valence-electron chi connectivity index (χ3n) is 5.53. The van der Waals surface area contributed by atoms with Crippen molar-refractivity contribution in [2.24, 2.45) is 0 Å². The summed E-state index contributed by atoms with van der Waals surface area (Å²) in [6.07, 6.45) is 0.301. The van der Waals surface area contributed by atoms with E-state index in [1.807, 2.05) is 0 Å². The number of hydrogen-bond donors (Lipinski definition) is 2. The third-order valence-corrected chi connectivity index (χ3v) is 7.79. The highest BCUT2D eigenvalue weighted by molar-refractivity contribution is 7.89. The minimum Gasteiger partial charge on any atom is -0.462 e. The smallest absolute Gasteiger partial charge is 0.338 e. The van der Waals surface area contributed by atoms with Crippen molar-refractivity contribution in [2.45, 2.75) is 55.7 Å². The van der Waals surface area contributed by atoms with E-state index in [2.05, 4.69) is 38.7 Å². The number of carbonyl (C=O) groups is 2. The Hall–Kier alpha value is -2.36. The van der Waals surface area contributed by atoms with Crippen molar-refractivity contribution in [2.75, 3.05) is 18.5 Å². The number of thiol groups is 1. The lowest BCUT2D eigenvalue weighted by molar-refractivity contribution is -0.119. The van der Waals surface area contributed by atoms with Gasteiger partial charge in [-0.25, -0.2) is 13.2 Å². The van der Waals surface area contributed by atoms with Gasteiger partial charge in [0.15, 0.2) is 0 Å². The summed E-state index contributed by atoms with van der Waals surface area (Å²) in [6.45, 7) is 8.31. The number of amides is 1. The van der Waals surface area contributed by atoms with E-state index < -0.39 is 27.9 Å². The van der Waals surface area contributed by atoms with Crippen LogP contribution in [-0.4, -0.2) is 49.0 Å². The molecule has 0 aromatic heterocycles. The van der Waals surface area contributed by atoms with Crippen LogP contribution in [-0.2, 0) is 25.0 Å². The Morgan fingerprint density at radius 3 is 2.24 bits per heavy atom. The SMILES string of the molecule is CCOC(=O)c1ccc(NC(=O)C2CC(S)CN2S(=O)(=O)c2ccc(C(C)(C)C)cc2)cc1. The van der Waals surface area contributed by atoms with Gasteiger partial charge in [-0.3, -0.25) is 4.79 Å². The average Bonchev–Trinajstić information content (AvgIpc) is 3.17. The molecule has 2 aromatic rings. The maximum absolute atomic E-state index is 13.4. The van der Waals surface area contributed by atoms with Gasteiger partial charge < -0.3 is 10.1 Å². The van der Waals surface area contributed by atoms with Gasteiger partial charge in [0.1, 0.15) is 6.04 Å². The number of hydrogen-bond acceptors (Lipinski definition) is 6. The van der Waals surface area contributed by atoms with E-state index in [9.17, 15) is 18.0 Å². The van der Waals surface area contributed by atoms with Crippen LogP contribution in [0.5, 0.6) is 0 Å². The number of anilines is 1. The molecule has 1 fully saturated rings. The second-order valence-corrected chi connectivity index (χ2v) is 11.7. The molecule has 2 aromatic carbocycles. The molecule has 0 spiro atoms. The number of benzene rings is 2. The minimum atomic E-state index is -3.88. The molecular formula is C24H30N2O5S2. The second-order valence-electron chi connectivity index (χ2n) is 9.04. The average molecular weight is 491 g/mol. The first kappa shape index (κ1) is 25.3. The van der Waals surface area contributed by atoms with E-state index in [1.165, 1.54) is 4.31 Å². The van der Waals surface area contributed by atoms with Crippen LogP contribution in [0, 0.1) is 0 Å². The van der Waals surface area contributed by atoms with Crippen LogP contribution in [0.3, 0.4) is 0 Å². The fourth-order valence-electron chi connectivity index (χ4n) is 3.68. The summed E-state index contributed by atoms with van der Waals surface area (Å²) < 4.78 is 32.9. The molecule has 1 amide bonds. The van der Waals surface area contributed by atoms with Crippen molar-refractivity contribution >= 4 is 40.2 Å². The van der Waals surface area contributed by atoms with Crippen molar-refractivity contribution in [3.05, 3.63) is 59.7 Å². The summed E-state index contributed by atoms with van der Waals surface area (Å²) >= 11 is 4.45. The predicted octanol–water partition coefficient (Wildman–Crippen LogP) is 3.86. The quantitative estimate of drug-likeness (QED) is 0.474. The van der Waals surface area contributed by atoms with Crippen molar-refractivity contribution < 1.29 is 22.7 Å². The Bertz CT molecular complexity index is 1110. The largest absolute Gasteiger partial charge is 0.462 e. The van der Waals surface area contributed by atoms with Crippen molar-refractivity contribution in [3.8, 4) is 0 Å². The van der Waals surface area contributed by atoms with Gasteiger partial charge in [-0.1, -0.05) is 32.9 Å². The lowest BCUT2D eigenvalue weighted by Crippen LogP contribution is -2.43. The molecule has 0 bridgehead atoms. The first-order valence-corrected chi connectivity index (χ1v) is 12.8. The molecular weight excluding hydrogens is 460 g/mol. The fraction of sp³-hybridized carbons (Fsp3) is 0.417. The zero-order chi connectivity index (χ0) is 24.4. The van der Waals surface area contributed by atoms with Crippen LogP contribution < -0.4 is 5.32 Å². The summed E-state index contributed by atoms with van der Waals surface area (Å²) in [5.74, 6) is -0.885. The molecule has 1 N–H and O–H groups in total. The number of sulfonamides is 1. The highest BCUT2D eigenvalue weighted by Crippen LogP contribution is 2.31. The molecule has 2 atom stereocenters. The normalized spacial score (nSPS) is 19.3. The van der Waals surface area contributed by atoms with E-state index in [-0.39, 0.29) is 28.7 Å². The van der Waals surface area contributed by atoms with Crippen molar-refractivity contribution in [3.63, 3.8) is 0 Å². The molecule has 9 heteroatoms. The number of esters is 1. The van der Waals surface area contributed by atoms with E-state index in [0.717, 1.165) is 5.56 Å². The van der Waals surface area contributed by atoms with Gasteiger partial charge in [0.05, 0.1) is 17.1 Å². The summed E-state index contributed by atoms with van der Waals surface area (Å²) in [7, 11) is -3.88. The summed E-state index contributed by atoms with van der Waals surface area (Å²) in [5, 5.41) is 2.50. The minimum absolute atomic E-state index is 0.0998. The molecule has 3 rings (SSSR count). The Kier molecular flexibility index (Phi) is 7.55. The van der Waals surface area contributed by atoms with E-state index in [1.54, 1.807) is 55.5 Å². The van der Waals surface area contributed by atoms with Gasteiger partial charge in [-0.05, 0) is 60.7 Å². The molecule has 0 aliphatic carbocycles. The van der Waals surface area contributed by atoms with E-state index >= 15 is 0 Å². The van der Waals surface area contributed by atoms with Crippen LogP contribution >= 0.6 is 12.6 Å². The Balaban J connectivity index is 1.78. The van der Waals surface area contributed by atoms with Crippen molar-refractivity contribution in [1.82, 2.24) is 4.31 Å². The molecule has 1 heterocycles. The molecule has 33 heavy (non-hydrogen) atoms. The van der Waals surface area contributed by atoms with Crippen LogP contribution in [0.25, 0.3) is 0 Å². The molecule has 0 saturated carbocycles. The fourth-order valence-corrected chi connectivity index (χ4v) is 5.81. The number of nitrogens with zero attached hydrogens (tertiary/aromatic N) is 1. The van der Waals surface area contributed by atoms with Gasteiger partial charge in [0.25, 0.3) is 0 Å². The number of ether oxygens (including phenoxy) is 1. The zero-order valence-electron chi connectivity index (χ0n) is 19.2. The predicted molar refractivity (Wildman–Crippen MR) is 131 cm³/mol. The van der Waals surface area contributed by atoms with E-state index in [0.29, 0.717) is 17.7 Å².